The number of aromatic amines is 1. The van der Waals surface area contributed by atoms with Crippen molar-refractivity contribution in [3.8, 4) is 5.75 Å². The van der Waals surface area contributed by atoms with Crippen molar-refractivity contribution in [2.75, 3.05) is 13.1 Å². The Morgan fingerprint density at radius 1 is 1.24 bits per heavy atom. The summed E-state index contributed by atoms with van der Waals surface area (Å²) >= 11 is 0. The number of aromatic hydroxyl groups is 1. The summed E-state index contributed by atoms with van der Waals surface area (Å²) in [7, 11) is 0. The number of phenols is 1. The van der Waals surface area contributed by atoms with E-state index in [4.69, 9.17) is 4.98 Å². The molecule has 2 aromatic rings. The first kappa shape index (κ1) is 19.7. The quantitative estimate of drug-likeness (QED) is 0.819. The maximum atomic E-state index is 13.0. The Morgan fingerprint density at radius 3 is 2.66 bits per heavy atom. The van der Waals surface area contributed by atoms with Gasteiger partial charge in [0.2, 0.25) is 5.91 Å². The Hall–Kier alpha value is -2.63. The Balaban J connectivity index is 1.60. The van der Waals surface area contributed by atoms with Crippen molar-refractivity contribution >= 4 is 5.91 Å². The number of aromatic nitrogens is 2. The van der Waals surface area contributed by atoms with Crippen LogP contribution in [0.2, 0.25) is 0 Å². The minimum Gasteiger partial charge on any atom is -0.508 e. The molecule has 1 aromatic heterocycles. The normalized spacial score (nSPS) is 21.4. The molecule has 1 atom stereocenters. The van der Waals surface area contributed by atoms with Crippen LogP contribution >= 0.6 is 0 Å². The van der Waals surface area contributed by atoms with Gasteiger partial charge in [-0.3, -0.25) is 9.59 Å². The van der Waals surface area contributed by atoms with Crippen LogP contribution < -0.4 is 5.56 Å². The van der Waals surface area contributed by atoms with Gasteiger partial charge < -0.3 is 15.0 Å². The van der Waals surface area contributed by atoms with Crippen molar-refractivity contribution in [1.29, 1.82) is 0 Å². The van der Waals surface area contributed by atoms with Gasteiger partial charge in [0.1, 0.15) is 11.6 Å². The summed E-state index contributed by atoms with van der Waals surface area (Å²) in [6.45, 7) is 7.51. The predicted molar refractivity (Wildman–Crippen MR) is 111 cm³/mol. The number of hydrogen-bond acceptors (Lipinski definition) is 4. The molecule has 0 bridgehead atoms. The lowest BCUT2D eigenvalue weighted by Gasteiger charge is -2.41. The molecule has 2 aliphatic rings. The van der Waals surface area contributed by atoms with Gasteiger partial charge in [-0.25, -0.2) is 4.98 Å². The van der Waals surface area contributed by atoms with Gasteiger partial charge in [0, 0.05) is 29.5 Å². The number of nitrogens with zero attached hydrogens (tertiary/aromatic N) is 2. The topological polar surface area (TPSA) is 86.3 Å². The average molecular weight is 396 g/mol. The van der Waals surface area contributed by atoms with Crippen molar-refractivity contribution < 1.29 is 9.90 Å². The van der Waals surface area contributed by atoms with Gasteiger partial charge >= 0.3 is 0 Å². The van der Waals surface area contributed by atoms with Crippen molar-refractivity contribution in [3.05, 3.63) is 57.3 Å². The number of rotatable bonds is 2. The molecule has 154 valence electrons. The number of phenolic OH excluding ortho intramolecular Hbond substituents is 1. The highest BCUT2D eigenvalue weighted by Crippen LogP contribution is 2.43. The van der Waals surface area contributed by atoms with Gasteiger partial charge in [0.15, 0.2) is 0 Å². The van der Waals surface area contributed by atoms with E-state index in [1.54, 1.807) is 24.3 Å². The average Bonchev–Trinajstić information content (AvgIpc) is 3.01. The van der Waals surface area contributed by atoms with Crippen LogP contribution in [0, 0.1) is 0 Å². The number of benzene rings is 1. The summed E-state index contributed by atoms with van der Waals surface area (Å²) in [6, 6.07) is 6.79. The molecule has 0 radical (unpaired) electrons. The number of likely N-dealkylation sites (tertiary alicyclic amines) is 1. The summed E-state index contributed by atoms with van der Waals surface area (Å²) in [4.78, 5) is 35.5. The smallest absolute Gasteiger partial charge is 0.254 e. The monoisotopic (exact) mass is 395 g/mol. The van der Waals surface area contributed by atoms with Gasteiger partial charge in [0.05, 0.1) is 12.1 Å². The number of carbonyl (C=O) groups is 1. The van der Waals surface area contributed by atoms with E-state index in [0.29, 0.717) is 13.0 Å². The predicted octanol–water partition coefficient (Wildman–Crippen LogP) is 2.82. The lowest BCUT2D eigenvalue weighted by atomic mass is 9.77. The molecule has 2 N–H and O–H groups in total. The van der Waals surface area contributed by atoms with Gasteiger partial charge in [-0.05, 0) is 43.4 Å². The number of carbonyl (C=O) groups excluding carboxylic acids is 1. The number of fused-ring (bicyclic) bond motifs is 2. The van der Waals surface area contributed by atoms with Crippen LogP contribution in [0.15, 0.2) is 29.1 Å². The first-order chi connectivity index (χ1) is 13.7. The second kappa shape index (κ2) is 7.01. The lowest BCUT2D eigenvalue weighted by molar-refractivity contribution is -0.132. The molecular weight excluding hydrogens is 366 g/mol. The molecule has 1 fully saturated rings. The van der Waals surface area contributed by atoms with Crippen LogP contribution in [0.1, 0.15) is 62.7 Å². The summed E-state index contributed by atoms with van der Waals surface area (Å²) in [5, 5.41) is 9.44. The molecule has 1 amide bonds. The van der Waals surface area contributed by atoms with Crippen LogP contribution in [0.4, 0.5) is 0 Å². The molecule has 1 aliphatic carbocycles. The van der Waals surface area contributed by atoms with E-state index in [0.717, 1.165) is 54.9 Å². The highest BCUT2D eigenvalue weighted by molar-refractivity contribution is 5.79. The fourth-order valence-electron chi connectivity index (χ4n) is 4.65. The minimum atomic E-state index is -0.235. The zero-order valence-corrected chi connectivity index (χ0v) is 17.4. The maximum absolute atomic E-state index is 13.0. The molecular formula is C23H29N3O3. The van der Waals surface area contributed by atoms with Crippen LogP contribution in [0.5, 0.6) is 5.75 Å². The lowest BCUT2D eigenvalue weighted by Crippen LogP contribution is -2.48. The van der Waals surface area contributed by atoms with Crippen LogP contribution in [-0.4, -0.2) is 39.0 Å². The Kier molecular flexibility index (Phi) is 4.75. The Labute approximate surface area is 171 Å². The van der Waals surface area contributed by atoms with E-state index in [2.05, 4.69) is 4.98 Å². The fraction of sp³-hybridized carbons (Fsp3) is 0.522. The number of piperidine rings is 1. The molecule has 0 saturated carbocycles. The highest BCUT2D eigenvalue weighted by atomic mass is 16.3. The standard InChI is InChI=1S/C23H29N3O3/c1-22(2,3)21-24-19-17(20(29)25-21)9-11-23(19)10-4-12-26(14-23)18(28)13-15-5-7-16(27)8-6-15/h5-8,27H,4,9-14H2,1-3H3,(H,24,25,29). The van der Waals surface area contributed by atoms with Crippen molar-refractivity contribution in [3.63, 3.8) is 0 Å². The number of H-pyrrole nitrogens is 1. The number of hydrogen-bond donors (Lipinski definition) is 2. The number of nitrogens with one attached hydrogen (secondary N) is 1. The Morgan fingerprint density at radius 2 is 1.97 bits per heavy atom. The summed E-state index contributed by atoms with van der Waals surface area (Å²) < 4.78 is 0. The molecule has 1 saturated heterocycles. The summed E-state index contributed by atoms with van der Waals surface area (Å²) in [5.74, 6) is 1.01. The second-order valence-corrected chi connectivity index (χ2v) is 9.53. The third-order valence-corrected chi connectivity index (χ3v) is 6.30. The third-order valence-electron chi connectivity index (χ3n) is 6.30. The zero-order valence-electron chi connectivity index (χ0n) is 17.4. The summed E-state index contributed by atoms with van der Waals surface area (Å²) in [5.41, 5.74) is 2.13. The van der Waals surface area contributed by atoms with E-state index in [9.17, 15) is 14.7 Å². The summed E-state index contributed by atoms with van der Waals surface area (Å²) in [6.07, 6.45) is 3.79. The van der Waals surface area contributed by atoms with Crippen LogP contribution in [0.3, 0.4) is 0 Å². The minimum absolute atomic E-state index is 0.0238. The SMILES string of the molecule is CC(C)(C)c1nc2c(c(=O)[nH]1)CCC21CCCN(C(=O)Cc2ccc(O)cc2)C1. The number of amides is 1. The molecule has 1 aliphatic heterocycles. The van der Waals surface area contributed by atoms with E-state index < -0.39 is 0 Å². The largest absolute Gasteiger partial charge is 0.508 e. The van der Waals surface area contributed by atoms with Gasteiger partial charge in [-0.1, -0.05) is 32.9 Å². The molecule has 1 aromatic carbocycles. The zero-order chi connectivity index (χ0) is 20.8. The second-order valence-electron chi connectivity index (χ2n) is 9.53. The molecule has 29 heavy (non-hydrogen) atoms. The molecule has 4 rings (SSSR count). The molecule has 1 unspecified atom stereocenters. The van der Waals surface area contributed by atoms with Gasteiger partial charge in [-0.15, -0.1) is 0 Å². The maximum Gasteiger partial charge on any atom is 0.254 e. The first-order valence-electron chi connectivity index (χ1n) is 10.4. The van der Waals surface area contributed by atoms with Crippen molar-refractivity contribution in [2.45, 2.75) is 63.7 Å². The highest BCUT2D eigenvalue weighted by Gasteiger charge is 2.46. The van der Waals surface area contributed by atoms with Crippen molar-refractivity contribution in [1.82, 2.24) is 14.9 Å². The molecule has 6 heteroatoms. The Bertz CT molecular complexity index is 988. The molecule has 2 heterocycles. The van der Waals surface area contributed by atoms with Crippen molar-refractivity contribution in [2.24, 2.45) is 0 Å². The third kappa shape index (κ3) is 3.68. The van der Waals surface area contributed by atoms with Gasteiger partial charge in [-0.2, -0.15) is 0 Å². The van der Waals surface area contributed by atoms with Gasteiger partial charge in [0.25, 0.3) is 5.56 Å². The van der Waals surface area contributed by atoms with E-state index in [1.807, 2.05) is 25.7 Å². The van der Waals surface area contributed by atoms with E-state index in [1.165, 1.54) is 0 Å². The fourth-order valence-corrected chi connectivity index (χ4v) is 4.65. The van der Waals surface area contributed by atoms with Crippen LogP contribution in [-0.2, 0) is 28.5 Å². The van der Waals surface area contributed by atoms with E-state index in [-0.39, 0.29) is 28.0 Å². The van der Waals surface area contributed by atoms with E-state index >= 15 is 0 Å². The molecule has 6 nitrogen and oxygen atoms in total. The molecule has 1 spiro atoms. The first-order valence-corrected chi connectivity index (χ1v) is 10.4. The van der Waals surface area contributed by atoms with Crippen LogP contribution in [0.25, 0.3) is 0 Å².